The highest BCUT2D eigenvalue weighted by molar-refractivity contribution is 6.90. The molecule has 1 unspecified atom stereocenters. The molecule has 0 N–H and O–H groups in total. The molecule has 139 valence electrons. The van der Waals surface area contributed by atoms with Gasteiger partial charge in [-0.15, -0.1) is 0 Å². The summed E-state index contributed by atoms with van der Waals surface area (Å²) in [5, 5.41) is 0. The molecule has 0 saturated carbocycles. The highest BCUT2D eigenvalue weighted by Crippen LogP contribution is 2.32. The zero-order chi connectivity index (χ0) is 18.5. The molecule has 1 atom stereocenters. The first-order valence-corrected chi connectivity index (χ1v) is 20.7. The van der Waals surface area contributed by atoms with E-state index in [4.69, 9.17) is 17.1 Å². The van der Waals surface area contributed by atoms with Gasteiger partial charge in [0.1, 0.15) is 0 Å². The summed E-state index contributed by atoms with van der Waals surface area (Å²) in [7, 11) is -6.40. The van der Waals surface area contributed by atoms with Gasteiger partial charge in [0.15, 0.2) is 25.0 Å². The maximum atomic E-state index is 6.65. The minimum atomic E-state index is -2.75. The zero-order valence-electron chi connectivity index (χ0n) is 17.0. The average Bonchev–Trinajstić information content (AvgIpc) is 2.17. The van der Waals surface area contributed by atoms with E-state index < -0.39 is 33.8 Å². The van der Waals surface area contributed by atoms with Crippen molar-refractivity contribution in [2.24, 2.45) is 5.92 Å². The lowest BCUT2D eigenvalue weighted by molar-refractivity contribution is 0.180. The highest BCUT2D eigenvalue weighted by atomic mass is 28.5. The van der Waals surface area contributed by atoms with Crippen LogP contribution >= 0.6 is 0 Å². The van der Waals surface area contributed by atoms with Crippen LogP contribution in [-0.2, 0) is 17.1 Å². The number of hydrogen-bond acceptors (Lipinski definition) is 4. The van der Waals surface area contributed by atoms with Gasteiger partial charge in [0.05, 0.1) is 0 Å². The lowest BCUT2D eigenvalue weighted by Crippen LogP contribution is -2.61. The summed E-state index contributed by atoms with van der Waals surface area (Å²) >= 11 is 0. The molecule has 0 bridgehead atoms. The average molecular weight is 396 g/mol. The summed E-state index contributed by atoms with van der Waals surface area (Å²) in [6.45, 7) is 24.9. The predicted octanol–water partition coefficient (Wildman–Crippen LogP) is 4.97. The van der Waals surface area contributed by atoms with Crippen molar-refractivity contribution in [3.05, 3.63) is 6.92 Å². The predicted molar refractivity (Wildman–Crippen MR) is 109 cm³/mol. The van der Waals surface area contributed by atoms with Crippen LogP contribution in [0.3, 0.4) is 0 Å². The van der Waals surface area contributed by atoms with Crippen LogP contribution in [0.1, 0.15) is 6.42 Å². The Kier molecular flexibility index (Phi) is 9.16. The smallest absolute Gasteiger partial charge is 0.417 e. The van der Waals surface area contributed by atoms with Crippen LogP contribution < -0.4 is 0 Å². The summed E-state index contributed by atoms with van der Waals surface area (Å²) in [5.41, 5.74) is 0. The van der Waals surface area contributed by atoms with E-state index in [-0.39, 0.29) is 5.92 Å². The van der Waals surface area contributed by atoms with Crippen LogP contribution in [-0.4, -0.2) is 47.5 Å². The molecule has 0 rings (SSSR count). The number of ether oxygens (including phenoxy) is 1. The molecule has 0 aromatic heterocycles. The minimum absolute atomic E-state index is 0.227. The largest absolute Gasteiger partial charge is 0.469 e. The standard InChI is InChI=1S/C15H39O4Si4/c1-15(12-13-16-2)14-23(17-20(3,4)5,18-21(6,7)8)19-22(9,10)11/h15H,1,12-14H2,2-11H3. The molecular weight excluding hydrogens is 357 g/mol. The van der Waals surface area contributed by atoms with Crippen LogP contribution in [0.4, 0.5) is 0 Å². The van der Waals surface area contributed by atoms with Crippen LogP contribution in [0.2, 0.25) is 65.0 Å². The number of rotatable bonds is 11. The first-order chi connectivity index (χ1) is 10.1. The molecule has 0 aromatic rings. The summed E-state index contributed by atoms with van der Waals surface area (Å²) < 4.78 is 25.2. The Morgan fingerprint density at radius 2 is 1.09 bits per heavy atom. The Bertz CT molecular complexity index is 304. The van der Waals surface area contributed by atoms with Crippen molar-refractivity contribution in [3.63, 3.8) is 0 Å². The highest BCUT2D eigenvalue weighted by Gasteiger charge is 2.50. The molecule has 4 nitrogen and oxygen atoms in total. The maximum absolute atomic E-state index is 6.65. The van der Waals surface area contributed by atoms with E-state index in [0.717, 1.165) is 12.5 Å². The van der Waals surface area contributed by atoms with Crippen LogP contribution in [0.15, 0.2) is 0 Å². The van der Waals surface area contributed by atoms with Crippen LogP contribution in [0, 0.1) is 12.8 Å². The van der Waals surface area contributed by atoms with Gasteiger partial charge in [-0.3, -0.25) is 0 Å². The van der Waals surface area contributed by atoms with Gasteiger partial charge in [-0.05, 0) is 71.3 Å². The van der Waals surface area contributed by atoms with Crippen molar-refractivity contribution in [1.82, 2.24) is 0 Å². The fraction of sp³-hybridized carbons (Fsp3) is 0.933. The third-order valence-electron chi connectivity index (χ3n) is 2.65. The monoisotopic (exact) mass is 395 g/mol. The van der Waals surface area contributed by atoms with Crippen molar-refractivity contribution in [2.45, 2.75) is 71.4 Å². The molecule has 0 spiro atoms. The van der Waals surface area contributed by atoms with Crippen molar-refractivity contribution in [1.29, 1.82) is 0 Å². The lowest BCUT2D eigenvalue weighted by Gasteiger charge is -2.43. The van der Waals surface area contributed by atoms with Gasteiger partial charge in [0.2, 0.25) is 0 Å². The second kappa shape index (κ2) is 8.88. The van der Waals surface area contributed by atoms with Crippen LogP contribution in [0.25, 0.3) is 0 Å². The van der Waals surface area contributed by atoms with E-state index in [1.807, 2.05) is 0 Å². The lowest BCUT2D eigenvalue weighted by atomic mass is 10.1. The molecule has 0 heterocycles. The first-order valence-electron chi connectivity index (χ1n) is 8.50. The van der Waals surface area contributed by atoms with E-state index in [1.54, 1.807) is 7.11 Å². The van der Waals surface area contributed by atoms with E-state index in [2.05, 4.69) is 65.8 Å². The van der Waals surface area contributed by atoms with E-state index in [1.165, 1.54) is 0 Å². The zero-order valence-corrected chi connectivity index (χ0v) is 21.0. The second-order valence-electron chi connectivity index (χ2n) is 9.18. The molecule has 1 radical (unpaired) electrons. The third kappa shape index (κ3) is 12.7. The Morgan fingerprint density at radius 1 is 0.739 bits per heavy atom. The van der Waals surface area contributed by atoms with Gasteiger partial charge in [-0.2, -0.15) is 0 Å². The molecule has 8 heteroatoms. The van der Waals surface area contributed by atoms with E-state index in [9.17, 15) is 0 Å². The fourth-order valence-corrected chi connectivity index (χ4v) is 17.1. The third-order valence-corrected chi connectivity index (χ3v) is 14.8. The quantitative estimate of drug-likeness (QED) is 0.463. The van der Waals surface area contributed by atoms with Crippen molar-refractivity contribution in [2.75, 3.05) is 13.7 Å². The molecule has 0 aliphatic rings. The van der Waals surface area contributed by atoms with Crippen molar-refractivity contribution in [3.8, 4) is 0 Å². The van der Waals surface area contributed by atoms with Crippen molar-refractivity contribution >= 4 is 33.8 Å². The van der Waals surface area contributed by atoms with E-state index >= 15 is 0 Å². The first kappa shape index (κ1) is 23.7. The molecule has 0 saturated heterocycles. The second-order valence-corrected chi connectivity index (χ2v) is 26.1. The molecule has 23 heavy (non-hydrogen) atoms. The summed E-state index contributed by atoms with van der Waals surface area (Å²) in [5.74, 6) is 0.227. The molecule has 0 amide bonds. The maximum Gasteiger partial charge on any atom is 0.469 e. The number of methoxy groups -OCH3 is 1. The van der Waals surface area contributed by atoms with Crippen LogP contribution in [0.5, 0.6) is 0 Å². The van der Waals surface area contributed by atoms with Crippen molar-refractivity contribution < 1.29 is 17.1 Å². The molecule has 0 fully saturated rings. The van der Waals surface area contributed by atoms with Gasteiger partial charge < -0.3 is 17.1 Å². The fourth-order valence-electron chi connectivity index (χ4n) is 2.33. The molecule has 0 aromatic carbocycles. The topological polar surface area (TPSA) is 36.9 Å². The van der Waals surface area contributed by atoms with E-state index in [0.29, 0.717) is 6.61 Å². The van der Waals surface area contributed by atoms with Gasteiger partial charge in [-0.1, -0.05) is 6.92 Å². The normalized spacial score (nSPS) is 15.8. The van der Waals surface area contributed by atoms with Gasteiger partial charge in [0, 0.05) is 19.8 Å². The molecular formula is C15H39O4Si4. The minimum Gasteiger partial charge on any atom is -0.417 e. The Hall–Kier alpha value is 0.708. The summed E-state index contributed by atoms with van der Waals surface area (Å²) in [6.07, 6.45) is 0.907. The summed E-state index contributed by atoms with van der Waals surface area (Å²) in [4.78, 5) is 0. The molecule has 0 aliphatic heterocycles. The SMILES string of the molecule is [CH2]C(CCOC)C[Si](O[Si](C)(C)C)(O[Si](C)(C)C)O[Si](C)(C)C. The number of hydrogen-bond donors (Lipinski definition) is 0. The Balaban J connectivity index is 5.53. The Morgan fingerprint density at radius 3 is 1.35 bits per heavy atom. The van der Waals surface area contributed by atoms with Gasteiger partial charge >= 0.3 is 8.80 Å². The van der Waals surface area contributed by atoms with Gasteiger partial charge in [0.25, 0.3) is 0 Å². The summed E-state index contributed by atoms with van der Waals surface area (Å²) in [6, 6.07) is 0.787. The Labute approximate surface area is 149 Å². The van der Waals surface area contributed by atoms with Gasteiger partial charge in [-0.25, -0.2) is 0 Å². The molecule has 0 aliphatic carbocycles.